The van der Waals surface area contributed by atoms with E-state index in [9.17, 15) is 0 Å². The molecule has 0 radical (unpaired) electrons. The molecule has 0 rings (SSSR count). The van der Waals surface area contributed by atoms with Crippen LogP contribution in [-0.4, -0.2) is 39.8 Å². The number of hydrogen-bond donors (Lipinski definition) is 0. The largest absolute Gasteiger partial charge is 0.485 e. The van der Waals surface area contributed by atoms with Gasteiger partial charge in [0.15, 0.2) is 6.29 Å². The van der Waals surface area contributed by atoms with Crippen LogP contribution >= 0.6 is 0 Å². The molecule has 5 heteroatoms. The lowest BCUT2D eigenvalue weighted by atomic mass is 9.89. The zero-order valence-electron chi connectivity index (χ0n) is 10.8. The Balaban J connectivity index is 4.12. The summed E-state index contributed by atoms with van der Waals surface area (Å²) in [5.74, 6) is 1.82. The van der Waals surface area contributed by atoms with Gasteiger partial charge in [-0.1, -0.05) is 5.98 Å². The average molecular weight is 230 g/mol. The minimum atomic E-state index is -0.321. The summed E-state index contributed by atoms with van der Waals surface area (Å²) in [6.07, 6.45) is 1.50. The fourth-order valence-corrected chi connectivity index (χ4v) is 1.16. The highest BCUT2D eigenvalue weighted by atomic mass is 16.7. The molecular weight excluding hydrogens is 207 g/mol. The highest BCUT2D eigenvalue weighted by Gasteiger charge is 2.13. The summed E-state index contributed by atoms with van der Waals surface area (Å²) < 4.78 is 21.5. The second-order valence-electron chi connectivity index (χ2n) is 2.94. The third-order valence-electron chi connectivity index (χ3n) is 1.75. The van der Waals surface area contributed by atoms with Crippen molar-refractivity contribution in [3.63, 3.8) is 0 Å². The van der Waals surface area contributed by atoms with Gasteiger partial charge in [0.25, 0.3) is 0 Å². The highest BCUT2D eigenvalue weighted by Crippen LogP contribution is 2.00. The molecule has 0 saturated heterocycles. The smallest absolute Gasteiger partial charge is 0.408 e. The SMILES string of the molecule is CCOB(/C=C/C(OCC)OCC)OCC. The Hall–Kier alpha value is -0.355. The predicted octanol–water partition coefficient (Wildman–Crippen LogP) is 2.04. The van der Waals surface area contributed by atoms with Crippen LogP contribution in [0.15, 0.2) is 12.1 Å². The molecule has 0 saturated carbocycles. The first kappa shape index (κ1) is 15.6. The Bertz CT molecular complexity index is 145. The first-order valence-electron chi connectivity index (χ1n) is 5.93. The lowest BCUT2D eigenvalue weighted by Gasteiger charge is -2.13. The lowest BCUT2D eigenvalue weighted by Crippen LogP contribution is -2.22. The summed E-state index contributed by atoms with van der Waals surface area (Å²) in [4.78, 5) is 0. The highest BCUT2D eigenvalue weighted by molar-refractivity contribution is 6.50. The van der Waals surface area contributed by atoms with Gasteiger partial charge < -0.3 is 18.8 Å². The molecule has 0 fully saturated rings. The summed E-state index contributed by atoms with van der Waals surface area (Å²) in [5, 5.41) is 0. The molecule has 94 valence electrons. The zero-order chi connectivity index (χ0) is 12.2. The number of rotatable bonds is 10. The maximum absolute atomic E-state index is 5.37. The number of hydrogen-bond acceptors (Lipinski definition) is 4. The van der Waals surface area contributed by atoms with Gasteiger partial charge in [-0.2, -0.15) is 0 Å². The first-order valence-corrected chi connectivity index (χ1v) is 5.93. The molecule has 0 aromatic heterocycles. The standard InChI is InChI=1S/C11H23BO4/c1-5-13-11(14-6-2)9-10-12(15-7-3)16-8-4/h9-11H,5-8H2,1-4H3/b10-9+. The third-order valence-corrected chi connectivity index (χ3v) is 1.75. The predicted molar refractivity (Wildman–Crippen MR) is 65.2 cm³/mol. The molecule has 4 nitrogen and oxygen atoms in total. The van der Waals surface area contributed by atoms with E-state index < -0.39 is 0 Å². The Morgan fingerprint density at radius 3 is 1.75 bits per heavy atom. The first-order chi connectivity index (χ1) is 7.78. The van der Waals surface area contributed by atoms with Crippen LogP contribution in [0.5, 0.6) is 0 Å². The molecule has 0 aromatic carbocycles. The summed E-state index contributed by atoms with van der Waals surface area (Å²) in [6, 6.07) is 0. The van der Waals surface area contributed by atoms with Gasteiger partial charge in [-0.15, -0.1) is 0 Å². The second kappa shape index (κ2) is 11.1. The van der Waals surface area contributed by atoms with E-state index in [4.69, 9.17) is 18.8 Å². The van der Waals surface area contributed by atoms with E-state index in [0.29, 0.717) is 26.4 Å². The minimum absolute atomic E-state index is 0.321. The van der Waals surface area contributed by atoms with Crippen molar-refractivity contribution in [3.8, 4) is 0 Å². The molecule has 0 spiro atoms. The molecule has 16 heavy (non-hydrogen) atoms. The van der Waals surface area contributed by atoms with E-state index in [1.807, 2.05) is 39.7 Å². The van der Waals surface area contributed by atoms with E-state index in [1.165, 1.54) is 0 Å². The van der Waals surface area contributed by atoms with E-state index in [2.05, 4.69) is 0 Å². The fraction of sp³-hybridized carbons (Fsp3) is 0.818. The van der Waals surface area contributed by atoms with Crippen molar-refractivity contribution in [2.45, 2.75) is 34.0 Å². The monoisotopic (exact) mass is 230 g/mol. The van der Waals surface area contributed by atoms with Crippen molar-refractivity contribution >= 4 is 7.12 Å². The van der Waals surface area contributed by atoms with Crippen LogP contribution in [0.2, 0.25) is 0 Å². The average Bonchev–Trinajstić information content (AvgIpc) is 2.27. The van der Waals surface area contributed by atoms with E-state index in [0.717, 1.165) is 0 Å². The molecule has 0 unspecified atom stereocenters. The maximum Gasteiger partial charge on any atom is 0.485 e. The minimum Gasteiger partial charge on any atom is -0.408 e. The van der Waals surface area contributed by atoms with Gasteiger partial charge in [0.1, 0.15) is 0 Å². The molecule has 0 aromatic rings. The number of ether oxygens (including phenoxy) is 2. The van der Waals surface area contributed by atoms with Gasteiger partial charge in [0, 0.05) is 26.4 Å². The quantitative estimate of drug-likeness (QED) is 0.425. The third kappa shape index (κ3) is 7.87. The molecule has 0 aliphatic rings. The maximum atomic E-state index is 5.37. The lowest BCUT2D eigenvalue weighted by molar-refractivity contribution is -0.103. The fourth-order valence-electron chi connectivity index (χ4n) is 1.16. The molecule has 0 bridgehead atoms. The van der Waals surface area contributed by atoms with Crippen molar-refractivity contribution in [1.29, 1.82) is 0 Å². The van der Waals surface area contributed by atoms with Gasteiger partial charge >= 0.3 is 7.12 Å². The van der Waals surface area contributed by atoms with Gasteiger partial charge in [-0.3, -0.25) is 0 Å². The summed E-state index contributed by atoms with van der Waals surface area (Å²) in [7, 11) is -0.321. The van der Waals surface area contributed by atoms with E-state index in [1.54, 1.807) is 0 Å². The van der Waals surface area contributed by atoms with E-state index in [-0.39, 0.29) is 13.4 Å². The zero-order valence-corrected chi connectivity index (χ0v) is 10.8. The van der Waals surface area contributed by atoms with Gasteiger partial charge in [0.2, 0.25) is 0 Å². The molecule has 0 aliphatic heterocycles. The van der Waals surface area contributed by atoms with Gasteiger partial charge in [-0.25, -0.2) is 0 Å². The molecule has 0 atom stereocenters. The van der Waals surface area contributed by atoms with Crippen LogP contribution in [0.3, 0.4) is 0 Å². The molecule has 0 amide bonds. The molecule has 0 N–H and O–H groups in total. The van der Waals surface area contributed by atoms with Crippen LogP contribution in [0.25, 0.3) is 0 Å². The van der Waals surface area contributed by atoms with Crippen LogP contribution in [-0.2, 0) is 18.8 Å². The summed E-state index contributed by atoms with van der Waals surface area (Å²) >= 11 is 0. The van der Waals surface area contributed by atoms with Gasteiger partial charge in [0.05, 0.1) is 0 Å². The van der Waals surface area contributed by atoms with Crippen molar-refractivity contribution < 1.29 is 18.8 Å². The van der Waals surface area contributed by atoms with Gasteiger partial charge in [-0.05, 0) is 33.8 Å². The summed E-state index contributed by atoms with van der Waals surface area (Å²) in [6.45, 7) is 10.2. The van der Waals surface area contributed by atoms with Crippen molar-refractivity contribution in [2.24, 2.45) is 0 Å². The van der Waals surface area contributed by atoms with Crippen molar-refractivity contribution in [3.05, 3.63) is 12.1 Å². The van der Waals surface area contributed by atoms with Crippen LogP contribution in [0.4, 0.5) is 0 Å². The molecule has 0 heterocycles. The molecular formula is C11H23BO4. The van der Waals surface area contributed by atoms with E-state index >= 15 is 0 Å². The van der Waals surface area contributed by atoms with Crippen LogP contribution in [0.1, 0.15) is 27.7 Å². The Morgan fingerprint density at radius 2 is 1.38 bits per heavy atom. The Labute approximate surface area is 99.0 Å². The second-order valence-corrected chi connectivity index (χ2v) is 2.94. The Morgan fingerprint density at radius 1 is 0.875 bits per heavy atom. The Kier molecular flexibility index (Phi) is 10.9. The molecule has 0 aliphatic carbocycles. The van der Waals surface area contributed by atoms with Crippen LogP contribution in [0, 0.1) is 0 Å². The summed E-state index contributed by atoms with van der Waals surface area (Å²) in [5.41, 5.74) is 0. The van der Waals surface area contributed by atoms with Crippen LogP contribution < -0.4 is 0 Å². The van der Waals surface area contributed by atoms with Crippen molar-refractivity contribution in [2.75, 3.05) is 26.4 Å². The van der Waals surface area contributed by atoms with Crippen molar-refractivity contribution in [1.82, 2.24) is 0 Å². The normalized spacial score (nSPS) is 11.6. The topological polar surface area (TPSA) is 36.9 Å².